The van der Waals surface area contributed by atoms with Crippen molar-refractivity contribution in [2.75, 3.05) is 6.26 Å². The second kappa shape index (κ2) is 8.18. The Labute approximate surface area is 185 Å². The Kier molecular flexibility index (Phi) is 6.09. The molecule has 3 aromatic rings. The van der Waals surface area contributed by atoms with Crippen LogP contribution in [0.5, 0.6) is 0 Å². The van der Waals surface area contributed by atoms with Crippen LogP contribution in [0, 0.1) is 0 Å². The number of alkyl halides is 3. The largest absolute Gasteiger partial charge is 0.437 e. The topological polar surface area (TPSA) is 78.3 Å². The first-order valence-corrected chi connectivity index (χ1v) is 11.1. The molecule has 164 valence electrons. The van der Waals surface area contributed by atoms with Crippen LogP contribution in [-0.2, 0) is 20.8 Å². The molecule has 0 saturated heterocycles. The lowest BCUT2D eigenvalue weighted by Crippen LogP contribution is -2.24. The van der Waals surface area contributed by atoms with Crippen LogP contribution in [0.2, 0.25) is 10.0 Å². The summed E-state index contributed by atoms with van der Waals surface area (Å²) >= 11 is 12.0. The van der Waals surface area contributed by atoms with Crippen LogP contribution < -0.4 is 4.84 Å². The maximum absolute atomic E-state index is 14.0. The molecule has 1 aromatic heterocycles. The molecule has 0 radical (unpaired) electrons. The van der Waals surface area contributed by atoms with E-state index in [1.54, 1.807) is 0 Å². The summed E-state index contributed by atoms with van der Waals surface area (Å²) in [6.07, 6.45) is -3.98. The Hall–Kier alpha value is -2.56. The fourth-order valence-corrected chi connectivity index (χ4v) is 3.98. The molecule has 0 atom stereocenters. The normalized spacial score (nSPS) is 12.1. The molecule has 0 amide bonds. The van der Waals surface area contributed by atoms with Gasteiger partial charge in [0.1, 0.15) is 5.69 Å². The van der Waals surface area contributed by atoms with Gasteiger partial charge in [0.25, 0.3) is 0 Å². The first-order chi connectivity index (χ1) is 14.3. The van der Waals surface area contributed by atoms with Crippen LogP contribution in [-0.4, -0.2) is 30.6 Å². The van der Waals surface area contributed by atoms with Gasteiger partial charge in [-0.3, -0.25) is 0 Å². The Morgan fingerprint density at radius 2 is 1.71 bits per heavy atom. The maximum Gasteiger partial charge on any atom is 0.437 e. The third-order valence-corrected chi connectivity index (χ3v) is 5.77. The Bertz CT molecular complexity index is 1270. The van der Waals surface area contributed by atoms with Crippen LogP contribution in [0.1, 0.15) is 12.6 Å². The monoisotopic (exact) mass is 492 g/mol. The van der Waals surface area contributed by atoms with Crippen LogP contribution in [0.3, 0.4) is 0 Å². The van der Waals surface area contributed by atoms with E-state index in [1.807, 2.05) is 0 Å². The van der Waals surface area contributed by atoms with Crippen molar-refractivity contribution in [3.8, 4) is 22.4 Å². The quantitative estimate of drug-likeness (QED) is 0.516. The molecule has 6 nitrogen and oxygen atoms in total. The number of hydrogen-bond donors (Lipinski definition) is 0. The minimum atomic E-state index is -4.98. The second-order valence-corrected chi connectivity index (χ2v) is 9.31. The molecule has 0 spiro atoms. The SMILES string of the molecule is CC(=O)On1nc(-c2ccc(S(C)(=O)=O)cc2)c(-c2ccc(Cl)cc2Cl)c1C(F)(F)F. The summed E-state index contributed by atoms with van der Waals surface area (Å²) in [4.78, 5) is 16.1. The molecule has 12 heteroatoms. The van der Waals surface area contributed by atoms with Crippen LogP contribution in [0.4, 0.5) is 13.2 Å². The zero-order chi connectivity index (χ0) is 23.1. The Morgan fingerprint density at radius 3 is 2.19 bits per heavy atom. The van der Waals surface area contributed by atoms with Gasteiger partial charge in [-0.25, -0.2) is 13.2 Å². The van der Waals surface area contributed by atoms with Gasteiger partial charge in [0, 0.05) is 34.9 Å². The molecule has 1 heterocycles. The van der Waals surface area contributed by atoms with Gasteiger partial charge >= 0.3 is 12.1 Å². The third-order valence-electron chi connectivity index (χ3n) is 4.10. The van der Waals surface area contributed by atoms with Crippen molar-refractivity contribution in [1.82, 2.24) is 9.94 Å². The van der Waals surface area contributed by atoms with E-state index in [1.165, 1.54) is 42.5 Å². The average molecular weight is 493 g/mol. The Balaban J connectivity index is 2.37. The average Bonchev–Trinajstić information content (AvgIpc) is 2.99. The number of rotatable bonds is 4. The summed E-state index contributed by atoms with van der Waals surface area (Å²) in [5.41, 5.74) is -1.96. The van der Waals surface area contributed by atoms with Crippen molar-refractivity contribution in [1.29, 1.82) is 0 Å². The fraction of sp³-hybridized carbons (Fsp3) is 0.158. The number of aromatic nitrogens is 2. The van der Waals surface area contributed by atoms with Crippen molar-refractivity contribution in [2.45, 2.75) is 18.0 Å². The molecule has 0 N–H and O–H groups in total. The highest BCUT2D eigenvalue weighted by molar-refractivity contribution is 7.90. The second-order valence-electron chi connectivity index (χ2n) is 6.45. The van der Waals surface area contributed by atoms with E-state index in [2.05, 4.69) is 9.94 Å². The molecule has 0 aliphatic carbocycles. The van der Waals surface area contributed by atoms with Gasteiger partial charge in [-0.1, -0.05) is 46.2 Å². The highest BCUT2D eigenvalue weighted by atomic mass is 35.5. The van der Waals surface area contributed by atoms with E-state index in [-0.39, 0.29) is 36.6 Å². The van der Waals surface area contributed by atoms with Gasteiger partial charge in [-0.2, -0.15) is 13.2 Å². The minimum absolute atomic E-state index is 0.0298. The molecular weight excluding hydrogens is 480 g/mol. The molecule has 0 aliphatic heterocycles. The molecule has 31 heavy (non-hydrogen) atoms. The number of carbonyl (C=O) groups is 1. The molecule has 0 unspecified atom stereocenters. The lowest BCUT2D eigenvalue weighted by molar-refractivity contribution is -0.161. The molecule has 0 saturated carbocycles. The van der Waals surface area contributed by atoms with Gasteiger partial charge in [0.05, 0.1) is 9.92 Å². The number of nitrogens with zero attached hydrogens (tertiary/aromatic N) is 2. The molecule has 0 aliphatic rings. The van der Waals surface area contributed by atoms with Crippen molar-refractivity contribution < 1.29 is 31.2 Å². The zero-order valence-electron chi connectivity index (χ0n) is 15.9. The lowest BCUT2D eigenvalue weighted by atomic mass is 9.98. The van der Waals surface area contributed by atoms with Gasteiger partial charge in [0.15, 0.2) is 15.5 Å². The summed E-state index contributed by atoms with van der Waals surface area (Å²) in [7, 11) is -3.53. The summed E-state index contributed by atoms with van der Waals surface area (Å²) < 4.78 is 65.4. The maximum atomic E-state index is 14.0. The van der Waals surface area contributed by atoms with Crippen LogP contribution in [0.15, 0.2) is 47.4 Å². The van der Waals surface area contributed by atoms with E-state index < -0.39 is 33.2 Å². The van der Waals surface area contributed by atoms with Crippen LogP contribution >= 0.6 is 23.2 Å². The standard InChI is InChI=1S/C19H13Cl2F3N2O4S/c1-10(27)30-26-18(19(22,23)24)16(14-8-5-12(20)9-15(14)21)17(25-26)11-3-6-13(7-4-11)31(2,28)29/h3-9H,1-2H3. The van der Waals surface area contributed by atoms with Gasteiger partial charge < -0.3 is 4.84 Å². The molecule has 0 fully saturated rings. The number of carbonyl (C=O) groups excluding carboxylic acids is 1. The van der Waals surface area contributed by atoms with Crippen molar-refractivity contribution in [3.05, 3.63) is 58.2 Å². The van der Waals surface area contributed by atoms with Crippen molar-refractivity contribution >= 4 is 39.0 Å². The smallest absolute Gasteiger partial charge is 0.319 e. The summed E-state index contributed by atoms with van der Waals surface area (Å²) in [6, 6.07) is 8.95. The summed E-state index contributed by atoms with van der Waals surface area (Å²) in [6.45, 7) is 0.928. The molecule has 3 rings (SSSR count). The number of hydrogen-bond acceptors (Lipinski definition) is 5. The first-order valence-electron chi connectivity index (χ1n) is 8.44. The highest BCUT2D eigenvalue weighted by Crippen LogP contribution is 2.45. The Morgan fingerprint density at radius 1 is 1.10 bits per heavy atom. The van der Waals surface area contributed by atoms with Gasteiger partial charge in [-0.15, -0.1) is 5.10 Å². The summed E-state index contributed by atoms with van der Waals surface area (Å²) in [5, 5.41) is 3.95. The predicted octanol–water partition coefficient (Wildman–Crippen LogP) is 4.92. The van der Waals surface area contributed by atoms with Crippen LogP contribution in [0.25, 0.3) is 22.4 Å². The first kappa shape index (κ1) is 23.1. The number of benzene rings is 2. The van der Waals surface area contributed by atoms with E-state index in [9.17, 15) is 26.4 Å². The predicted molar refractivity (Wildman–Crippen MR) is 108 cm³/mol. The van der Waals surface area contributed by atoms with Crippen molar-refractivity contribution in [2.24, 2.45) is 0 Å². The highest BCUT2D eigenvalue weighted by Gasteiger charge is 2.42. The zero-order valence-corrected chi connectivity index (χ0v) is 18.2. The number of sulfone groups is 1. The molecular formula is C19H13Cl2F3N2O4S. The van der Waals surface area contributed by atoms with E-state index in [0.29, 0.717) is 0 Å². The van der Waals surface area contributed by atoms with Gasteiger partial charge in [-0.05, 0) is 24.3 Å². The minimum Gasteiger partial charge on any atom is -0.319 e. The number of halogens is 5. The fourth-order valence-electron chi connectivity index (χ4n) is 2.85. The van der Waals surface area contributed by atoms with E-state index in [4.69, 9.17) is 23.2 Å². The third kappa shape index (κ3) is 4.86. The molecule has 0 bridgehead atoms. The lowest BCUT2D eigenvalue weighted by Gasteiger charge is -2.13. The van der Waals surface area contributed by atoms with E-state index in [0.717, 1.165) is 13.2 Å². The van der Waals surface area contributed by atoms with Crippen molar-refractivity contribution in [3.63, 3.8) is 0 Å². The molecule has 2 aromatic carbocycles. The summed E-state index contributed by atoms with van der Waals surface area (Å²) in [5.74, 6) is -1.03. The van der Waals surface area contributed by atoms with Gasteiger partial charge in [0.2, 0.25) is 0 Å². The van der Waals surface area contributed by atoms with E-state index >= 15 is 0 Å².